The van der Waals surface area contributed by atoms with Gasteiger partial charge in [-0.3, -0.25) is 0 Å². The highest BCUT2D eigenvalue weighted by Gasteiger charge is 2.42. The first-order chi connectivity index (χ1) is 9.42. The normalized spacial score (nSPS) is 16.4. The molecule has 2 rings (SSSR count). The molecule has 2 heteroatoms. The summed E-state index contributed by atoms with van der Waals surface area (Å²) in [7, 11) is 2.09. The van der Waals surface area contributed by atoms with E-state index in [2.05, 4.69) is 58.0 Å². The highest BCUT2D eigenvalue weighted by molar-refractivity contribution is 5.82. The zero-order valence-electron chi connectivity index (χ0n) is 13.2. The molecular weight excluding hydrogens is 244 g/mol. The molecule has 0 saturated heterocycles. The fourth-order valence-corrected chi connectivity index (χ4v) is 3.42. The van der Waals surface area contributed by atoms with E-state index in [-0.39, 0.29) is 5.41 Å². The molecule has 1 aliphatic heterocycles. The van der Waals surface area contributed by atoms with E-state index in [1.807, 2.05) is 0 Å². The Labute approximate surface area is 123 Å². The predicted molar refractivity (Wildman–Crippen MR) is 90.0 cm³/mol. The van der Waals surface area contributed by atoms with Gasteiger partial charge in [0.25, 0.3) is 0 Å². The average Bonchev–Trinajstić information content (AvgIpc) is 2.66. The van der Waals surface area contributed by atoms with Crippen LogP contribution in [0.4, 0.5) is 11.4 Å². The third-order valence-electron chi connectivity index (χ3n) is 5.02. The number of anilines is 2. The second-order valence-electron chi connectivity index (χ2n) is 5.71. The number of fused-ring (bicyclic) bond motifs is 1. The molecule has 0 spiro atoms. The summed E-state index contributed by atoms with van der Waals surface area (Å²) in [5, 5.41) is 0. The summed E-state index contributed by atoms with van der Waals surface area (Å²) < 4.78 is 0. The minimum absolute atomic E-state index is 0.0422. The van der Waals surface area contributed by atoms with Crippen LogP contribution in [-0.2, 0) is 5.41 Å². The Balaban J connectivity index is 2.71. The highest BCUT2D eigenvalue weighted by Crippen LogP contribution is 2.52. The van der Waals surface area contributed by atoms with Gasteiger partial charge in [-0.2, -0.15) is 0 Å². The van der Waals surface area contributed by atoms with Gasteiger partial charge in [0.05, 0.1) is 0 Å². The van der Waals surface area contributed by atoms with E-state index in [0.29, 0.717) is 0 Å². The van der Waals surface area contributed by atoms with E-state index < -0.39 is 0 Å². The summed E-state index contributed by atoms with van der Waals surface area (Å²) >= 11 is 0. The van der Waals surface area contributed by atoms with Gasteiger partial charge in [-0.15, -0.1) is 0 Å². The van der Waals surface area contributed by atoms with Crippen LogP contribution in [0, 0.1) is 0 Å². The van der Waals surface area contributed by atoms with Crippen molar-refractivity contribution in [3.8, 4) is 0 Å². The third-order valence-corrected chi connectivity index (χ3v) is 5.02. The molecule has 0 saturated carbocycles. The van der Waals surface area contributed by atoms with Crippen LogP contribution in [0.1, 0.15) is 51.2 Å². The van der Waals surface area contributed by atoms with Crippen molar-refractivity contribution in [1.82, 2.24) is 0 Å². The van der Waals surface area contributed by atoms with Crippen molar-refractivity contribution in [1.29, 1.82) is 0 Å². The molecule has 0 radical (unpaired) electrons. The largest absolute Gasteiger partial charge is 0.398 e. The first-order valence-corrected chi connectivity index (χ1v) is 7.48. The van der Waals surface area contributed by atoms with Crippen molar-refractivity contribution in [3.05, 3.63) is 42.1 Å². The first-order valence-electron chi connectivity index (χ1n) is 7.48. The van der Waals surface area contributed by atoms with Crippen LogP contribution in [-0.4, -0.2) is 7.05 Å². The number of benzene rings is 1. The Morgan fingerprint density at radius 2 is 1.85 bits per heavy atom. The van der Waals surface area contributed by atoms with E-state index in [0.717, 1.165) is 36.1 Å². The predicted octanol–water partition coefficient (Wildman–Crippen LogP) is 4.71. The second kappa shape index (κ2) is 5.01. The van der Waals surface area contributed by atoms with Gasteiger partial charge in [-0.1, -0.05) is 33.9 Å². The molecular formula is C18H26N2. The molecule has 0 aliphatic carbocycles. The van der Waals surface area contributed by atoms with Gasteiger partial charge >= 0.3 is 0 Å². The van der Waals surface area contributed by atoms with E-state index >= 15 is 0 Å². The number of nitrogen functional groups attached to an aromatic ring is 1. The smallest absolute Gasteiger partial charge is 0.0469 e. The molecule has 0 unspecified atom stereocenters. The van der Waals surface area contributed by atoms with Crippen molar-refractivity contribution >= 4 is 16.9 Å². The number of allylic oxidation sites excluding steroid dienone is 2. The molecule has 0 atom stereocenters. The standard InChI is InChI=1S/C18H26N2/c1-7-12(4)14-10-15-17(11-16(14)19)20(6)13(5)18(15,8-2)9-3/h10-11H,4-5,7-9,19H2,1-3,6H3. The summed E-state index contributed by atoms with van der Waals surface area (Å²) in [5.74, 6) is 0. The molecule has 0 bridgehead atoms. The van der Waals surface area contributed by atoms with E-state index in [1.54, 1.807) is 0 Å². The maximum Gasteiger partial charge on any atom is 0.0469 e. The molecule has 20 heavy (non-hydrogen) atoms. The number of nitrogens with two attached hydrogens (primary N) is 1. The Bertz CT molecular complexity index is 565. The van der Waals surface area contributed by atoms with Crippen LogP contribution >= 0.6 is 0 Å². The van der Waals surface area contributed by atoms with E-state index in [1.165, 1.54) is 16.9 Å². The lowest BCUT2D eigenvalue weighted by Crippen LogP contribution is -2.27. The van der Waals surface area contributed by atoms with Gasteiger partial charge in [-0.05, 0) is 42.5 Å². The van der Waals surface area contributed by atoms with Crippen LogP contribution in [0.5, 0.6) is 0 Å². The summed E-state index contributed by atoms with van der Waals surface area (Å²) in [4.78, 5) is 2.19. The molecule has 1 heterocycles. The summed E-state index contributed by atoms with van der Waals surface area (Å²) in [5.41, 5.74) is 13.0. The van der Waals surface area contributed by atoms with Gasteiger partial charge < -0.3 is 10.6 Å². The van der Waals surface area contributed by atoms with Crippen LogP contribution in [0.2, 0.25) is 0 Å². The first kappa shape index (κ1) is 14.7. The number of nitrogens with zero attached hydrogens (tertiary/aromatic N) is 1. The Morgan fingerprint density at radius 3 is 2.35 bits per heavy atom. The Kier molecular flexibility index (Phi) is 3.68. The maximum absolute atomic E-state index is 6.23. The van der Waals surface area contributed by atoms with Crippen molar-refractivity contribution in [2.75, 3.05) is 17.7 Å². The molecule has 1 aromatic rings. The van der Waals surface area contributed by atoms with Gasteiger partial charge in [0, 0.05) is 35.1 Å². The quantitative estimate of drug-likeness (QED) is 0.803. The summed E-state index contributed by atoms with van der Waals surface area (Å²) in [6.45, 7) is 15.1. The second-order valence-corrected chi connectivity index (χ2v) is 5.71. The minimum Gasteiger partial charge on any atom is -0.398 e. The number of hydrogen-bond donors (Lipinski definition) is 1. The number of likely N-dealkylation sites (N-methyl/N-ethyl adjacent to an activating group) is 1. The molecule has 2 N–H and O–H groups in total. The van der Waals surface area contributed by atoms with Crippen LogP contribution in [0.3, 0.4) is 0 Å². The minimum atomic E-state index is 0.0422. The topological polar surface area (TPSA) is 29.3 Å². The zero-order chi connectivity index (χ0) is 15.1. The van der Waals surface area contributed by atoms with Crippen LogP contribution in [0.25, 0.3) is 5.57 Å². The SMILES string of the molecule is C=C(CC)c1cc2c(cc1N)N(C)C(=C)C2(CC)CC. The molecule has 108 valence electrons. The maximum atomic E-state index is 6.23. The Morgan fingerprint density at radius 1 is 1.25 bits per heavy atom. The van der Waals surface area contributed by atoms with Gasteiger partial charge in [0.2, 0.25) is 0 Å². The van der Waals surface area contributed by atoms with Crippen LogP contribution < -0.4 is 10.6 Å². The fraction of sp³-hybridized carbons (Fsp3) is 0.444. The zero-order valence-corrected chi connectivity index (χ0v) is 13.2. The fourth-order valence-electron chi connectivity index (χ4n) is 3.42. The molecule has 0 amide bonds. The van der Waals surface area contributed by atoms with Crippen molar-refractivity contribution in [2.24, 2.45) is 0 Å². The van der Waals surface area contributed by atoms with Crippen molar-refractivity contribution in [3.63, 3.8) is 0 Å². The van der Waals surface area contributed by atoms with Gasteiger partial charge in [-0.25, -0.2) is 0 Å². The van der Waals surface area contributed by atoms with E-state index in [4.69, 9.17) is 5.73 Å². The van der Waals surface area contributed by atoms with Crippen molar-refractivity contribution in [2.45, 2.75) is 45.4 Å². The third kappa shape index (κ3) is 1.78. The number of rotatable bonds is 4. The van der Waals surface area contributed by atoms with Gasteiger partial charge in [0.1, 0.15) is 0 Å². The Hall–Kier alpha value is -1.70. The monoisotopic (exact) mass is 270 g/mol. The van der Waals surface area contributed by atoms with E-state index in [9.17, 15) is 0 Å². The lowest BCUT2D eigenvalue weighted by molar-refractivity contribution is 0.480. The van der Waals surface area contributed by atoms with Crippen LogP contribution in [0.15, 0.2) is 31.0 Å². The summed E-state index contributed by atoms with van der Waals surface area (Å²) in [6.07, 6.45) is 3.04. The average molecular weight is 270 g/mol. The molecule has 1 aromatic carbocycles. The molecule has 0 aromatic heterocycles. The van der Waals surface area contributed by atoms with Gasteiger partial charge in [0.15, 0.2) is 0 Å². The molecule has 0 fully saturated rings. The molecule has 1 aliphatic rings. The number of hydrogen-bond acceptors (Lipinski definition) is 2. The highest BCUT2D eigenvalue weighted by atomic mass is 15.2. The molecule has 2 nitrogen and oxygen atoms in total. The lowest BCUT2D eigenvalue weighted by Gasteiger charge is -2.30. The lowest BCUT2D eigenvalue weighted by atomic mass is 9.75. The summed E-state index contributed by atoms with van der Waals surface area (Å²) in [6, 6.07) is 4.34. The van der Waals surface area contributed by atoms with Crippen molar-refractivity contribution < 1.29 is 0 Å².